The predicted molar refractivity (Wildman–Crippen MR) is 69.7 cm³/mol. The van der Waals surface area contributed by atoms with E-state index in [2.05, 4.69) is 31.4 Å². The number of benzene rings is 1. The van der Waals surface area contributed by atoms with Gasteiger partial charge >= 0.3 is 0 Å². The van der Waals surface area contributed by atoms with Crippen molar-refractivity contribution < 1.29 is 13.6 Å². The molecule has 1 amide bonds. The third-order valence-corrected chi connectivity index (χ3v) is 2.91. The van der Waals surface area contributed by atoms with E-state index in [0.29, 0.717) is 5.69 Å². The zero-order valence-electron chi connectivity index (χ0n) is 9.72. The van der Waals surface area contributed by atoms with Crippen molar-refractivity contribution in [1.82, 2.24) is 10.2 Å². The number of carbonyl (C=O) groups excluding carboxylic acids is 1. The second-order valence-corrected chi connectivity index (χ2v) is 4.72. The minimum Gasteiger partial charge on any atom is -0.382 e. The molecule has 0 aliphatic carbocycles. The van der Waals surface area contributed by atoms with Crippen molar-refractivity contribution >= 4 is 33.3 Å². The number of aromatic amines is 1. The number of halogens is 3. The van der Waals surface area contributed by atoms with Crippen LogP contribution in [0.4, 0.5) is 20.3 Å². The molecule has 2 aromatic rings. The Morgan fingerprint density at radius 2 is 2.00 bits per heavy atom. The normalized spacial score (nSPS) is 10.5. The number of nitrogen functional groups attached to an aromatic ring is 1. The molecule has 0 aliphatic heterocycles. The van der Waals surface area contributed by atoms with Crippen LogP contribution < -0.4 is 11.1 Å². The van der Waals surface area contributed by atoms with Crippen molar-refractivity contribution in [2.24, 2.45) is 0 Å². The number of amides is 1. The first-order valence-electron chi connectivity index (χ1n) is 5.16. The first kappa shape index (κ1) is 13.5. The fraction of sp³-hybridized carbons (Fsp3) is 0.0909. The summed E-state index contributed by atoms with van der Waals surface area (Å²) in [6.45, 7) is 1.58. The molecule has 1 heterocycles. The smallest absolute Gasteiger partial charge is 0.261 e. The van der Waals surface area contributed by atoms with E-state index in [1.54, 1.807) is 6.92 Å². The largest absolute Gasteiger partial charge is 0.382 e. The molecule has 0 atom stereocenters. The van der Waals surface area contributed by atoms with E-state index >= 15 is 0 Å². The van der Waals surface area contributed by atoms with Gasteiger partial charge in [0.05, 0.1) is 0 Å². The maximum atomic E-state index is 13.6. The summed E-state index contributed by atoms with van der Waals surface area (Å²) in [6, 6.07) is 2.09. The minimum atomic E-state index is -0.889. The molecule has 0 saturated heterocycles. The lowest BCUT2D eigenvalue weighted by atomic mass is 10.2. The molecule has 4 N–H and O–H groups in total. The van der Waals surface area contributed by atoms with E-state index in [4.69, 9.17) is 5.73 Å². The molecule has 0 aliphatic rings. The highest BCUT2D eigenvalue weighted by Gasteiger charge is 2.19. The van der Waals surface area contributed by atoms with E-state index in [0.717, 1.165) is 12.1 Å². The van der Waals surface area contributed by atoms with Gasteiger partial charge in [-0.15, -0.1) is 0 Å². The quantitative estimate of drug-likeness (QED) is 0.791. The van der Waals surface area contributed by atoms with Gasteiger partial charge in [0.2, 0.25) is 0 Å². The van der Waals surface area contributed by atoms with Crippen molar-refractivity contribution in [3.8, 4) is 0 Å². The molecule has 5 nitrogen and oxygen atoms in total. The first-order valence-corrected chi connectivity index (χ1v) is 5.95. The molecule has 19 heavy (non-hydrogen) atoms. The summed E-state index contributed by atoms with van der Waals surface area (Å²) in [6.07, 6.45) is 0. The molecule has 0 bridgehead atoms. The summed E-state index contributed by atoms with van der Waals surface area (Å²) in [5.41, 5.74) is 5.43. The Labute approximate surface area is 115 Å². The van der Waals surface area contributed by atoms with Crippen LogP contribution in [0.2, 0.25) is 0 Å². The number of anilines is 2. The number of carbonyl (C=O) groups is 1. The second-order valence-electron chi connectivity index (χ2n) is 3.81. The highest BCUT2D eigenvalue weighted by Crippen LogP contribution is 2.25. The SMILES string of the molecule is Cc1[nH]nc(N)c1C(=O)Nc1c(F)cc(Br)cc1F. The van der Waals surface area contributed by atoms with Crippen LogP contribution in [0, 0.1) is 18.6 Å². The summed E-state index contributed by atoms with van der Waals surface area (Å²) < 4.78 is 27.4. The Morgan fingerprint density at radius 3 is 2.47 bits per heavy atom. The summed E-state index contributed by atoms with van der Waals surface area (Å²) in [7, 11) is 0. The number of nitrogens with one attached hydrogen (secondary N) is 2. The maximum absolute atomic E-state index is 13.6. The molecule has 0 spiro atoms. The van der Waals surface area contributed by atoms with E-state index in [-0.39, 0.29) is 15.9 Å². The number of H-pyrrole nitrogens is 1. The molecular formula is C11H9BrF2N4O. The van der Waals surface area contributed by atoms with Gasteiger partial charge in [-0.3, -0.25) is 9.89 Å². The number of rotatable bonds is 2. The third kappa shape index (κ3) is 2.58. The van der Waals surface area contributed by atoms with Crippen LogP contribution in [0.1, 0.15) is 16.1 Å². The van der Waals surface area contributed by atoms with Crippen molar-refractivity contribution in [3.05, 3.63) is 39.5 Å². The topological polar surface area (TPSA) is 83.8 Å². The van der Waals surface area contributed by atoms with Crippen LogP contribution in [0.5, 0.6) is 0 Å². The first-order chi connectivity index (χ1) is 8.90. The van der Waals surface area contributed by atoms with Crippen LogP contribution in [-0.4, -0.2) is 16.1 Å². The van der Waals surface area contributed by atoms with Gasteiger partial charge in [0.1, 0.15) is 11.3 Å². The molecule has 0 unspecified atom stereocenters. The van der Waals surface area contributed by atoms with Gasteiger partial charge in [-0.1, -0.05) is 15.9 Å². The van der Waals surface area contributed by atoms with Gasteiger partial charge < -0.3 is 11.1 Å². The van der Waals surface area contributed by atoms with Crippen LogP contribution in [0.15, 0.2) is 16.6 Å². The van der Waals surface area contributed by atoms with Gasteiger partial charge in [0.25, 0.3) is 5.91 Å². The van der Waals surface area contributed by atoms with Crippen molar-refractivity contribution in [3.63, 3.8) is 0 Å². The number of hydrogen-bond donors (Lipinski definition) is 3. The Bertz CT molecular complexity index is 614. The van der Waals surface area contributed by atoms with E-state index in [9.17, 15) is 13.6 Å². The van der Waals surface area contributed by atoms with Gasteiger partial charge in [0.15, 0.2) is 17.5 Å². The number of aromatic nitrogens is 2. The molecule has 2 rings (SSSR count). The van der Waals surface area contributed by atoms with Gasteiger partial charge in [-0.2, -0.15) is 5.10 Å². The number of hydrogen-bond acceptors (Lipinski definition) is 3. The van der Waals surface area contributed by atoms with Crippen molar-refractivity contribution in [2.75, 3.05) is 11.1 Å². The minimum absolute atomic E-state index is 0.0343. The van der Waals surface area contributed by atoms with E-state index < -0.39 is 23.2 Å². The molecule has 0 fully saturated rings. The lowest BCUT2D eigenvalue weighted by Gasteiger charge is -2.08. The lowest BCUT2D eigenvalue weighted by Crippen LogP contribution is -2.16. The zero-order valence-corrected chi connectivity index (χ0v) is 11.3. The van der Waals surface area contributed by atoms with E-state index in [1.165, 1.54) is 0 Å². The molecule has 0 radical (unpaired) electrons. The lowest BCUT2D eigenvalue weighted by molar-refractivity contribution is 0.102. The standard InChI is InChI=1S/C11H9BrF2N4O/c1-4-8(10(15)18-17-4)11(19)16-9-6(13)2-5(12)3-7(9)14/h2-3H,1H3,(H,16,19)(H3,15,17,18). The molecule has 1 aromatic heterocycles. The molecule has 100 valence electrons. The van der Waals surface area contributed by atoms with Crippen molar-refractivity contribution in [1.29, 1.82) is 0 Å². The fourth-order valence-electron chi connectivity index (χ4n) is 1.57. The van der Waals surface area contributed by atoms with Crippen LogP contribution in [0.3, 0.4) is 0 Å². The van der Waals surface area contributed by atoms with Gasteiger partial charge in [-0.25, -0.2) is 8.78 Å². The molecular weight excluding hydrogens is 322 g/mol. The zero-order chi connectivity index (χ0) is 14.2. The van der Waals surface area contributed by atoms with E-state index in [1.807, 2.05) is 0 Å². The average molecular weight is 331 g/mol. The fourth-order valence-corrected chi connectivity index (χ4v) is 1.97. The maximum Gasteiger partial charge on any atom is 0.261 e. The van der Waals surface area contributed by atoms with Crippen LogP contribution in [0.25, 0.3) is 0 Å². The summed E-state index contributed by atoms with van der Waals surface area (Å²) >= 11 is 2.95. The number of nitrogens with two attached hydrogens (primary N) is 1. The molecule has 1 aromatic carbocycles. The summed E-state index contributed by atoms with van der Waals surface area (Å²) in [4.78, 5) is 11.9. The second kappa shape index (κ2) is 4.96. The summed E-state index contributed by atoms with van der Waals surface area (Å²) in [5, 5.41) is 8.29. The average Bonchev–Trinajstić information content (AvgIpc) is 2.63. The molecule has 8 heteroatoms. The Hall–Kier alpha value is -1.96. The Balaban J connectivity index is 2.35. The monoisotopic (exact) mass is 330 g/mol. The highest BCUT2D eigenvalue weighted by molar-refractivity contribution is 9.10. The number of nitrogens with zero attached hydrogens (tertiary/aromatic N) is 1. The highest BCUT2D eigenvalue weighted by atomic mass is 79.9. The van der Waals surface area contributed by atoms with Crippen LogP contribution in [-0.2, 0) is 0 Å². The van der Waals surface area contributed by atoms with Gasteiger partial charge in [0, 0.05) is 10.2 Å². The summed E-state index contributed by atoms with van der Waals surface area (Å²) in [5.74, 6) is -2.54. The van der Waals surface area contributed by atoms with Gasteiger partial charge in [-0.05, 0) is 19.1 Å². The number of aryl methyl sites for hydroxylation is 1. The molecule has 0 saturated carbocycles. The Morgan fingerprint density at radius 1 is 1.42 bits per heavy atom. The van der Waals surface area contributed by atoms with Crippen molar-refractivity contribution in [2.45, 2.75) is 6.92 Å². The Kier molecular flexibility index (Phi) is 3.52. The third-order valence-electron chi connectivity index (χ3n) is 2.45. The predicted octanol–water partition coefficient (Wildman–Crippen LogP) is 2.59. The van der Waals surface area contributed by atoms with Crippen LogP contribution >= 0.6 is 15.9 Å².